The van der Waals surface area contributed by atoms with Crippen molar-refractivity contribution in [3.8, 4) is 11.5 Å². The summed E-state index contributed by atoms with van der Waals surface area (Å²) in [7, 11) is 0. The van der Waals surface area contributed by atoms with Gasteiger partial charge in [-0.25, -0.2) is 0 Å². The van der Waals surface area contributed by atoms with Crippen LogP contribution >= 0.6 is 11.6 Å². The first-order chi connectivity index (χ1) is 12.7. The molecule has 0 atom stereocenters. The van der Waals surface area contributed by atoms with E-state index in [1.165, 1.54) is 5.56 Å². The van der Waals surface area contributed by atoms with E-state index in [-0.39, 0.29) is 18.6 Å². The van der Waals surface area contributed by atoms with Gasteiger partial charge in [0, 0.05) is 5.02 Å². The summed E-state index contributed by atoms with van der Waals surface area (Å²) < 4.78 is 10.7. The van der Waals surface area contributed by atoms with Gasteiger partial charge in [-0.1, -0.05) is 44.5 Å². The fourth-order valence-electron chi connectivity index (χ4n) is 2.09. The van der Waals surface area contributed by atoms with Crippen LogP contribution in [0.5, 0.6) is 11.5 Å². The lowest BCUT2D eigenvalue weighted by Crippen LogP contribution is -2.45. The Hall–Kier alpha value is -2.73. The van der Waals surface area contributed by atoms with E-state index >= 15 is 0 Å². The average Bonchev–Trinajstić information content (AvgIpc) is 2.64. The van der Waals surface area contributed by atoms with E-state index in [4.69, 9.17) is 21.1 Å². The van der Waals surface area contributed by atoms with Crippen molar-refractivity contribution in [2.75, 3.05) is 13.2 Å². The first kappa shape index (κ1) is 20.6. The summed E-state index contributed by atoms with van der Waals surface area (Å²) in [6.45, 7) is 5.91. The molecule has 0 saturated carbocycles. The molecule has 2 amide bonds. The minimum absolute atomic E-state index is 0.0499. The van der Waals surface area contributed by atoms with Gasteiger partial charge in [-0.3, -0.25) is 20.4 Å². The lowest BCUT2D eigenvalue weighted by Gasteiger charge is -2.19. The molecule has 2 aromatic rings. The van der Waals surface area contributed by atoms with Crippen molar-refractivity contribution >= 4 is 23.4 Å². The predicted octanol–water partition coefficient (Wildman–Crippen LogP) is 3.24. The molecule has 0 fully saturated rings. The third-order valence-corrected chi connectivity index (χ3v) is 3.87. The molecule has 27 heavy (non-hydrogen) atoms. The second kappa shape index (κ2) is 9.28. The Morgan fingerprint density at radius 2 is 1.22 bits per heavy atom. The normalized spacial score (nSPS) is 10.8. The molecule has 0 bridgehead atoms. The molecule has 2 aromatic carbocycles. The van der Waals surface area contributed by atoms with E-state index < -0.39 is 11.8 Å². The summed E-state index contributed by atoms with van der Waals surface area (Å²) in [6, 6.07) is 14.1. The van der Waals surface area contributed by atoms with Gasteiger partial charge in [0.15, 0.2) is 13.2 Å². The molecule has 0 spiro atoms. The summed E-state index contributed by atoms with van der Waals surface area (Å²) in [6.07, 6.45) is 0. The van der Waals surface area contributed by atoms with Gasteiger partial charge in [0.05, 0.1) is 0 Å². The smallest absolute Gasteiger partial charge is 0.276 e. The summed E-state index contributed by atoms with van der Waals surface area (Å²) >= 11 is 5.77. The Kier molecular flexibility index (Phi) is 7.07. The van der Waals surface area contributed by atoms with Crippen LogP contribution in [0.1, 0.15) is 26.3 Å². The maximum Gasteiger partial charge on any atom is 0.276 e. The highest BCUT2D eigenvalue weighted by Gasteiger charge is 2.13. The molecule has 0 aliphatic heterocycles. The van der Waals surface area contributed by atoms with Crippen LogP contribution in [0.2, 0.25) is 5.02 Å². The zero-order valence-corrected chi connectivity index (χ0v) is 16.3. The van der Waals surface area contributed by atoms with Gasteiger partial charge in [0.2, 0.25) is 0 Å². The van der Waals surface area contributed by atoms with Gasteiger partial charge in [-0.05, 0) is 47.4 Å². The van der Waals surface area contributed by atoms with Gasteiger partial charge in [-0.2, -0.15) is 0 Å². The van der Waals surface area contributed by atoms with Crippen LogP contribution in [0.25, 0.3) is 0 Å². The quantitative estimate of drug-likeness (QED) is 0.742. The molecule has 2 N–H and O–H groups in total. The number of amides is 2. The molecular formula is C20H23ClN2O4. The van der Waals surface area contributed by atoms with Crippen LogP contribution in [-0.4, -0.2) is 25.0 Å². The average molecular weight is 391 g/mol. The summed E-state index contributed by atoms with van der Waals surface area (Å²) in [5, 5.41) is 0.576. The first-order valence-corrected chi connectivity index (χ1v) is 8.81. The largest absolute Gasteiger partial charge is 0.484 e. The van der Waals surface area contributed by atoms with Crippen LogP contribution in [-0.2, 0) is 15.0 Å². The third kappa shape index (κ3) is 7.19. The number of benzene rings is 2. The monoisotopic (exact) mass is 390 g/mol. The Labute approximate surface area is 163 Å². The molecule has 6 nitrogen and oxygen atoms in total. The van der Waals surface area contributed by atoms with Crippen molar-refractivity contribution in [2.45, 2.75) is 26.2 Å². The number of carbonyl (C=O) groups excluding carboxylic acids is 2. The van der Waals surface area contributed by atoms with Crippen molar-refractivity contribution in [3.63, 3.8) is 0 Å². The van der Waals surface area contributed by atoms with Crippen LogP contribution in [0.3, 0.4) is 0 Å². The fourth-order valence-corrected chi connectivity index (χ4v) is 2.22. The Balaban J connectivity index is 1.68. The third-order valence-electron chi connectivity index (χ3n) is 3.62. The van der Waals surface area contributed by atoms with Crippen LogP contribution in [0, 0.1) is 0 Å². The SMILES string of the molecule is CC(C)(C)c1ccc(OCC(=O)NNC(=O)COc2ccc(Cl)cc2)cc1. The molecule has 0 heterocycles. The number of rotatable bonds is 6. The maximum atomic E-state index is 11.8. The molecule has 0 aromatic heterocycles. The molecule has 0 aliphatic rings. The number of ether oxygens (including phenoxy) is 2. The predicted molar refractivity (Wildman–Crippen MR) is 104 cm³/mol. The van der Waals surface area contributed by atoms with E-state index in [2.05, 4.69) is 31.6 Å². The number of hydrogen-bond donors (Lipinski definition) is 2. The summed E-state index contributed by atoms with van der Waals surface area (Å²) in [4.78, 5) is 23.4. The van der Waals surface area contributed by atoms with E-state index in [0.717, 1.165) is 0 Å². The molecule has 144 valence electrons. The van der Waals surface area contributed by atoms with Crippen LogP contribution in [0.4, 0.5) is 0 Å². The van der Waals surface area contributed by atoms with Crippen molar-refractivity contribution in [2.24, 2.45) is 0 Å². The van der Waals surface area contributed by atoms with E-state index in [1.807, 2.05) is 24.3 Å². The number of carbonyl (C=O) groups is 2. The van der Waals surface area contributed by atoms with Gasteiger partial charge >= 0.3 is 0 Å². The standard InChI is InChI=1S/C20H23ClN2O4/c1-20(2,3)14-4-8-16(9-5-14)26-12-18(24)22-23-19(25)13-27-17-10-6-15(21)7-11-17/h4-11H,12-13H2,1-3H3,(H,22,24)(H,23,25). The van der Waals surface area contributed by atoms with Crippen LogP contribution < -0.4 is 20.3 Å². The maximum absolute atomic E-state index is 11.8. The highest BCUT2D eigenvalue weighted by atomic mass is 35.5. The summed E-state index contributed by atoms with van der Waals surface area (Å²) in [5.74, 6) is 0.112. The Bertz CT molecular complexity index is 768. The number of nitrogens with one attached hydrogen (secondary N) is 2. The van der Waals surface area contributed by atoms with Crippen molar-refractivity contribution in [1.82, 2.24) is 10.9 Å². The molecular weight excluding hydrogens is 368 g/mol. The molecule has 0 saturated heterocycles. The van der Waals surface area contributed by atoms with Gasteiger partial charge in [0.25, 0.3) is 11.8 Å². The lowest BCUT2D eigenvalue weighted by atomic mass is 9.87. The van der Waals surface area contributed by atoms with E-state index in [9.17, 15) is 9.59 Å². The molecule has 7 heteroatoms. The Morgan fingerprint density at radius 1 is 0.815 bits per heavy atom. The first-order valence-electron chi connectivity index (χ1n) is 8.43. The second-order valence-electron chi connectivity index (χ2n) is 6.90. The minimum atomic E-state index is -0.493. The zero-order valence-electron chi connectivity index (χ0n) is 15.5. The number of halogens is 1. The fraction of sp³-hybridized carbons (Fsp3) is 0.300. The molecule has 0 unspecified atom stereocenters. The summed E-state index contributed by atoms with van der Waals surface area (Å²) in [5.41, 5.74) is 5.75. The molecule has 0 radical (unpaired) electrons. The van der Waals surface area contributed by atoms with E-state index in [1.54, 1.807) is 24.3 Å². The topological polar surface area (TPSA) is 76.7 Å². The molecule has 2 rings (SSSR count). The van der Waals surface area contributed by atoms with Gasteiger partial charge in [-0.15, -0.1) is 0 Å². The second-order valence-corrected chi connectivity index (χ2v) is 7.34. The van der Waals surface area contributed by atoms with Crippen molar-refractivity contribution < 1.29 is 19.1 Å². The van der Waals surface area contributed by atoms with Crippen LogP contribution in [0.15, 0.2) is 48.5 Å². The van der Waals surface area contributed by atoms with Gasteiger partial charge < -0.3 is 9.47 Å². The van der Waals surface area contributed by atoms with Crippen molar-refractivity contribution in [3.05, 3.63) is 59.1 Å². The lowest BCUT2D eigenvalue weighted by molar-refractivity contribution is -0.131. The highest BCUT2D eigenvalue weighted by Crippen LogP contribution is 2.24. The molecule has 0 aliphatic carbocycles. The number of hydrogen-bond acceptors (Lipinski definition) is 4. The zero-order chi connectivity index (χ0) is 19.9. The van der Waals surface area contributed by atoms with Crippen molar-refractivity contribution in [1.29, 1.82) is 0 Å². The highest BCUT2D eigenvalue weighted by molar-refractivity contribution is 6.30. The van der Waals surface area contributed by atoms with Gasteiger partial charge in [0.1, 0.15) is 11.5 Å². The Morgan fingerprint density at radius 3 is 1.63 bits per heavy atom. The van der Waals surface area contributed by atoms with E-state index in [0.29, 0.717) is 16.5 Å². The minimum Gasteiger partial charge on any atom is -0.484 e. The number of hydrazine groups is 1.